The standard InChI is InChI=1S/C16H16FN3O3/c1-3-9-20-15(22)13(14(21)19-16(20)23)12(4-2)18-11-7-5-10(17)6-8-11/h3,5-8,22H,1,4,9H2,2H3,(H,19,21,23). The molecule has 0 atom stereocenters. The van der Waals surface area contributed by atoms with Gasteiger partial charge in [-0.3, -0.25) is 19.3 Å². The van der Waals surface area contributed by atoms with Gasteiger partial charge in [0.25, 0.3) is 5.56 Å². The molecule has 0 aliphatic heterocycles. The number of H-pyrrole nitrogens is 1. The quantitative estimate of drug-likeness (QED) is 0.654. The maximum absolute atomic E-state index is 12.9. The zero-order chi connectivity index (χ0) is 17.0. The van der Waals surface area contributed by atoms with Gasteiger partial charge in [-0.2, -0.15) is 0 Å². The Hall–Kier alpha value is -2.96. The van der Waals surface area contributed by atoms with Crippen LogP contribution in [0.2, 0.25) is 0 Å². The van der Waals surface area contributed by atoms with Crippen molar-refractivity contribution in [2.75, 3.05) is 0 Å². The number of halogens is 1. The summed E-state index contributed by atoms with van der Waals surface area (Å²) >= 11 is 0. The molecule has 0 saturated heterocycles. The molecule has 23 heavy (non-hydrogen) atoms. The fourth-order valence-corrected chi connectivity index (χ4v) is 2.10. The number of hydrogen-bond acceptors (Lipinski definition) is 4. The molecule has 6 nitrogen and oxygen atoms in total. The van der Waals surface area contributed by atoms with Crippen molar-refractivity contribution in [3.8, 4) is 5.88 Å². The van der Waals surface area contributed by atoms with E-state index in [-0.39, 0.29) is 17.8 Å². The molecular weight excluding hydrogens is 301 g/mol. The van der Waals surface area contributed by atoms with Gasteiger partial charge in [-0.1, -0.05) is 13.0 Å². The molecule has 0 amide bonds. The Bertz CT molecular complexity index is 864. The summed E-state index contributed by atoms with van der Waals surface area (Å²) in [6, 6.07) is 5.40. The zero-order valence-corrected chi connectivity index (χ0v) is 12.5. The van der Waals surface area contributed by atoms with Crippen LogP contribution in [0.25, 0.3) is 0 Å². The summed E-state index contributed by atoms with van der Waals surface area (Å²) in [6.07, 6.45) is 1.76. The summed E-state index contributed by atoms with van der Waals surface area (Å²) < 4.78 is 13.9. The second-order valence-corrected chi connectivity index (χ2v) is 4.75. The summed E-state index contributed by atoms with van der Waals surface area (Å²) in [5.74, 6) is -0.872. The van der Waals surface area contributed by atoms with E-state index in [1.807, 2.05) is 0 Å². The van der Waals surface area contributed by atoms with Gasteiger partial charge in [0.05, 0.1) is 11.4 Å². The summed E-state index contributed by atoms with van der Waals surface area (Å²) in [5.41, 5.74) is -0.820. The van der Waals surface area contributed by atoms with Crippen LogP contribution in [-0.4, -0.2) is 20.4 Å². The Morgan fingerprint density at radius 2 is 2.04 bits per heavy atom. The molecule has 2 rings (SSSR count). The normalized spacial score (nSPS) is 11.5. The maximum Gasteiger partial charge on any atom is 0.331 e. The number of aromatic nitrogens is 2. The molecule has 0 bridgehead atoms. The molecule has 2 N–H and O–H groups in total. The van der Waals surface area contributed by atoms with Crippen molar-refractivity contribution in [3.05, 3.63) is 69.1 Å². The molecule has 1 aromatic heterocycles. The van der Waals surface area contributed by atoms with Crippen molar-refractivity contribution < 1.29 is 9.50 Å². The van der Waals surface area contributed by atoms with Gasteiger partial charge >= 0.3 is 5.69 Å². The average molecular weight is 317 g/mol. The van der Waals surface area contributed by atoms with Gasteiger partial charge in [-0.25, -0.2) is 9.18 Å². The van der Waals surface area contributed by atoms with Crippen molar-refractivity contribution in [2.24, 2.45) is 4.99 Å². The molecule has 0 unspecified atom stereocenters. The third-order valence-electron chi connectivity index (χ3n) is 3.20. The van der Waals surface area contributed by atoms with Crippen LogP contribution in [0.3, 0.4) is 0 Å². The lowest BCUT2D eigenvalue weighted by molar-refractivity contribution is 0.409. The molecule has 2 aromatic rings. The molecule has 0 aliphatic rings. The predicted molar refractivity (Wildman–Crippen MR) is 86.1 cm³/mol. The topological polar surface area (TPSA) is 87.4 Å². The van der Waals surface area contributed by atoms with E-state index < -0.39 is 22.9 Å². The highest BCUT2D eigenvalue weighted by Gasteiger charge is 2.17. The Morgan fingerprint density at radius 3 is 2.61 bits per heavy atom. The van der Waals surface area contributed by atoms with Gasteiger partial charge in [0, 0.05) is 6.54 Å². The fraction of sp³-hybridized carbons (Fsp3) is 0.188. The van der Waals surface area contributed by atoms with E-state index in [9.17, 15) is 19.1 Å². The molecule has 1 aromatic carbocycles. The Balaban J connectivity index is 2.64. The highest BCUT2D eigenvalue weighted by molar-refractivity contribution is 6.03. The van der Waals surface area contributed by atoms with Crippen molar-refractivity contribution in [2.45, 2.75) is 19.9 Å². The van der Waals surface area contributed by atoms with E-state index in [4.69, 9.17) is 0 Å². The minimum atomic E-state index is -0.728. The number of rotatable bonds is 5. The molecule has 7 heteroatoms. The minimum absolute atomic E-state index is 0.0436. The third-order valence-corrected chi connectivity index (χ3v) is 3.20. The van der Waals surface area contributed by atoms with Gasteiger partial charge in [0.1, 0.15) is 11.4 Å². The lowest BCUT2D eigenvalue weighted by Gasteiger charge is -2.10. The first-order chi connectivity index (χ1) is 11.0. The molecule has 0 aliphatic carbocycles. The molecule has 120 valence electrons. The smallest absolute Gasteiger partial charge is 0.331 e. The molecule has 1 heterocycles. The molecule has 0 radical (unpaired) electrons. The van der Waals surface area contributed by atoms with E-state index in [1.165, 1.54) is 30.3 Å². The van der Waals surface area contributed by atoms with Crippen LogP contribution < -0.4 is 11.2 Å². The van der Waals surface area contributed by atoms with Crippen molar-refractivity contribution in [3.63, 3.8) is 0 Å². The number of aromatic hydroxyl groups is 1. The number of nitrogens with one attached hydrogen (secondary N) is 1. The van der Waals surface area contributed by atoms with Crippen LogP contribution in [0, 0.1) is 5.82 Å². The second-order valence-electron chi connectivity index (χ2n) is 4.75. The molecular formula is C16H16FN3O3. The van der Waals surface area contributed by atoms with Crippen LogP contribution in [-0.2, 0) is 6.54 Å². The lowest BCUT2D eigenvalue weighted by atomic mass is 10.1. The Kier molecular flexibility index (Phi) is 4.90. The highest BCUT2D eigenvalue weighted by Crippen LogP contribution is 2.18. The van der Waals surface area contributed by atoms with Crippen LogP contribution in [0.5, 0.6) is 5.88 Å². The van der Waals surface area contributed by atoms with E-state index >= 15 is 0 Å². The maximum atomic E-state index is 12.9. The van der Waals surface area contributed by atoms with Gasteiger partial charge in [0.2, 0.25) is 5.88 Å². The van der Waals surface area contributed by atoms with Crippen molar-refractivity contribution in [1.29, 1.82) is 0 Å². The Labute approximate surface area is 131 Å². The van der Waals surface area contributed by atoms with Gasteiger partial charge in [-0.15, -0.1) is 6.58 Å². The van der Waals surface area contributed by atoms with Crippen LogP contribution in [0.15, 0.2) is 51.5 Å². The summed E-state index contributed by atoms with van der Waals surface area (Å²) in [6.45, 7) is 5.30. The average Bonchev–Trinajstić information content (AvgIpc) is 2.52. The van der Waals surface area contributed by atoms with E-state index in [1.54, 1.807) is 6.92 Å². The first-order valence-corrected chi connectivity index (χ1v) is 6.98. The van der Waals surface area contributed by atoms with E-state index in [2.05, 4.69) is 16.6 Å². The van der Waals surface area contributed by atoms with E-state index in [0.29, 0.717) is 12.1 Å². The molecule has 0 fully saturated rings. The zero-order valence-electron chi connectivity index (χ0n) is 12.5. The fourth-order valence-electron chi connectivity index (χ4n) is 2.10. The molecule has 0 spiro atoms. The summed E-state index contributed by atoms with van der Waals surface area (Å²) in [5, 5.41) is 10.3. The minimum Gasteiger partial charge on any atom is -0.494 e. The van der Waals surface area contributed by atoms with Crippen molar-refractivity contribution >= 4 is 11.4 Å². The third kappa shape index (κ3) is 3.45. The first-order valence-electron chi connectivity index (χ1n) is 6.98. The number of aromatic amines is 1. The van der Waals surface area contributed by atoms with Gasteiger partial charge < -0.3 is 5.11 Å². The van der Waals surface area contributed by atoms with Gasteiger partial charge in [0.15, 0.2) is 0 Å². The largest absolute Gasteiger partial charge is 0.494 e. The monoisotopic (exact) mass is 317 g/mol. The Morgan fingerprint density at radius 1 is 1.39 bits per heavy atom. The van der Waals surface area contributed by atoms with Crippen LogP contribution >= 0.6 is 0 Å². The van der Waals surface area contributed by atoms with E-state index in [0.717, 1.165) is 4.57 Å². The summed E-state index contributed by atoms with van der Waals surface area (Å²) in [4.78, 5) is 30.2. The highest BCUT2D eigenvalue weighted by atomic mass is 19.1. The number of aliphatic imine (C=N–C) groups is 1. The second kappa shape index (κ2) is 6.87. The molecule has 0 saturated carbocycles. The number of benzene rings is 1. The SMILES string of the molecule is C=CCn1c(O)c(C(CC)=Nc2ccc(F)cc2)c(=O)[nH]c1=O. The number of nitrogens with zero attached hydrogens (tertiary/aromatic N) is 2. The number of hydrogen-bond donors (Lipinski definition) is 2. The van der Waals surface area contributed by atoms with Crippen molar-refractivity contribution in [1.82, 2.24) is 9.55 Å². The summed E-state index contributed by atoms with van der Waals surface area (Å²) in [7, 11) is 0. The van der Waals surface area contributed by atoms with Gasteiger partial charge in [-0.05, 0) is 30.7 Å². The first kappa shape index (κ1) is 16.4. The van der Waals surface area contributed by atoms with Crippen LogP contribution in [0.1, 0.15) is 18.9 Å². The lowest BCUT2D eigenvalue weighted by Crippen LogP contribution is -2.33. The predicted octanol–water partition coefficient (Wildman–Crippen LogP) is 2.10. The van der Waals surface area contributed by atoms with Crippen LogP contribution in [0.4, 0.5) is 10.1 Å². The number of allylic oxidation sites excluding steroid dienone is 1.